The van der Waals surface area contributed by atoms with Gasteiger partial charge < -0.3 is 4.42 Å². The highest BCUT2D eigenvalue weighted by Gasteiger charge is 2.39. The number of sulfonamides is 1. The fraction of sp³-hybridized carbons (Fsp3) is 0.250. The van der Waals surface area contributed by atoms with E-state index in [0.717, 1.165) is 4.90 Å². The molecule has 0 radical (unpaired) electrons. The van der Waals surface area contributed by atoms with E-state index < -0.39 is 21.2 Å². The second kappa shape index (κ2) is 4.93. The van der Waals surface area contributed by atoms with Crippen molar-refractivity contribution in [1.29, 1.82) is 0 Å². The van der Waals surface area contributed by atoms with Gasteiger partial charge in [-0.15, -0.1) is 5.10 Å². The third-order valence-corrected chi connectivity index (χ3v) is 4.47. The molecule has 1 aromatic carbocycles. The number of primary sulfonamides is 1. The Bertz CT molecular complexity index is 772. The third kappa shape index (κ3) is 2.65. The van der Waals surface area contributed by atoms with Crippen molar-refractivity contribution in [2.24, 2.45) is 5.14 Å². The molecule has 110 valence electrons. The summed E-state index contributed by atoms with van der Waals surface area (Å²) in [6.45, 7) is -0.0753. The molecule has 1 unspecified atom stereocenters. The van der Waals surface area contributed by atoms with Gasteiger partial charge in [-0.2, -0.15) is 0 Å². The quantitative estimate of drug-likeness (QED) is 0.860. The number of hydrogen-bond acceptors (Lipinski definition) is 6. The summed E-state index contributed by atoms with van der Waals surface area (Å²) >= 11 is 0. The summed E-state index contributed by atoms with van der Waals surface area (Å²) in [6, 6.07) is 9.03. The predicted octanol–water partition coefficient (Wildman–Crippen LogP) is 0.130. The Morgan fingerprint density at radius 1 is 1.24 bits per heavy atom. The van der Waals surface area contributed by atoms with Crippen LogP contribution in [0.25, 0.3) is 11.5 Å². The first-order valence-corrected chi connectivity index (χ1v) is 7.77. The smallest absolute Gasteiger partial charge is 0.325 e. The van der Waals surface area contributed by atoms with E-state index in [1.807, 2.05) is 18.2 Å². The monoisotopic (exact) mass is 308 g/mol. The molecule has 1 aliphatic heterocycles. The van der Waals surface area contributed by atoms with E-state index >= 15 is 0 Å². The minimum absolute atomic E-state index is 0.0231. The van der Waals surface area contributed by atoms with Crippen molar-refractivity contribution in [3.05, 3.63) is 30.3 Å². The number of nitrogens with two attached hydrogens (primary N) is 1. The zero-order valence-corrected chi connectivity index (χ0v) is 11.7. The highest BCUT2D eigenvalue weighted by Crippen LogP contribution is 2.26. The van der Waals surface area contributed by atoms with Crippen molar-refractivity contribution in [3.63, 3.8) is 0 Å². The molecule has 1 amide bonds. The van der Waals surface area contributed by atoms with Crippen LogP contribution < -0.4 is 10.0 Å². The number of amides is 1. The van der Waals surface area contributed by atoms with Gasteiger partial charge in [0, 0.05) is 18.5 Å². The fourth-order valence-corrected chi connectivity index (χ4v) is 2.83. The molecule has 9 heteroatoms. The SMILES string of the molecule is NS(=O)(=O)C1CC(=O)N(c2nnc(-c3ccccc3)o2)C1. The van der Waals surface area contributed by atoms with E-state index in [-0.39, 0.29) is 24.9 Å². The summed E-state index contributed by atoms with van der Waals surface area (Å²) in [5.74, 6) is -0.144. The van der Waals surface area contributed by atoms with Crippen LogP contribution in [0, 0.1) is 0 Å². The standard InChI is InChI=1S/C12H12N4O4S/c13-21(18,19)9-6-10(17)16(7-9)12-15-14-11(20-12)8-4-2-1-3-5-8/h1-5,9H,6-7H2,(H2,13,18,19). The second-order valence-corrected chi connectivity index (χ2v) is 6.52. The van der Waals surface area contributed by atoms with Crippen LogP contribution in [0.4, 0.5) is 6.01 Å². The molecule has 0 saturated carbocycles. The summed E-state index contributed by atoms with van der Waals surface area (Å²) < 4.78 is 28.1. The summed E-state index contributed by atoms with van der Waals surface area (Å²) in [4.78, 5) is 13.0. The molecule has 1 aromatic heterocycles. The number of aromatic nitrogens is 2. The normalized spacial score (nSPS) is 19.2. The Balaban J connectivity index is 1.86. The highest BCUT2D eigenvalue weighted by molar-refractivity contribution is 7.89. The Morgan fingerprint density at radius 2 is 1.95 bits per heavy atom. The third-order valence-electron chi connectivity index (χ3n) is 3.22. The van der Waals surface area contributed by atoms with Gasteiger partial charge in [0.1, 0.15) is 5.25 Å². The van der Waals surface area contributed by atoms with Gasteiger partial charge in [-0.3, -0.25) is 9.69 Å². The zero-order valence-electron chi connectivity index (χ0n) is 10.8. The first-order chi connectivity index (χ1) is 9.95. The number of rotatable bonds is 3. The summed E-state index contributed by atoms with van der Waals surface area (Å²) in [5, 5.41) is 11.8. The van der Waals surface area contributed by atoms with E-state index in [1.54, 1.807) is 12.1 Å². The van der Waals surface area contributed by atoms with Crippen LogP contribution in [-0.4, -0.2) is 36.3 Å². The van der Waals surface area contributed by atoms with Crippen molar-refractivity contribution in [1.82, 2.24) is 10.2 Å². The molecule has 8 nitrogen and oxygen atoms in total. The summed E-state index contributed by atoms with van der Waals surface area (Å²) in [7, 11) is -3.77. The van der Waals surface area contributed by atoms with Crippen molar-refractivity contribution >= 4 is 21.9 Å². The van der Waals surface area contributed by atoms with Crippen LogP contribution in [0.15, 0.2) is 34.7 Å². The average molecular weight is 308 g/mol. The molecular weight excluding hydrogens is 296 g/mol. The Morgan fingerprint density at radius 3 is 2.57 bits per heavy atom. The molecular formula is C12H12N4O4S. The maximum absolute atomic E-state index is 11.9. The first-order valence-electron chi connectivity index (χ1n) is 6.16. The number of hydrogen-bond donors (Lipinski definition) is 1. The van der Waals surface area contributed by atoms with Crippen LogP contribution in [0.5, 0.6) is 0 Å². The fourth-order valence-electron chi connectivity index (χ4n) is 2.10. The van der Waals surface area contributed by atoms with Gasteiger partial charge in [-0.1, -0.05) is 23.3 Å². The summed E-state index contributed by atoms with van der Waals surface area (Å²) in [6.07, 6.45) is -0.179. The minimum Gasteiger partial charge on any atom is -0.403 e. The van der Waals surface area contributed by atoms with Crippen molar-refractivity contribution < 1.29 is 17.6 Å². The topological polar surface area (TPSA) is 119 Å². The van der Waals surface area contributed by atoms with Gasteiger partial charge in [-0.05, 0) is 12.1 Å². The van der Waals surface area contributed by atoms with E-state index in [2.05, 4.69) is 10.2 Å². The van der Waals surface area contributed by atoms with E-state index in [9.17, 15) is 13.2 Å². The largest absolute Gasteiger partial charge is 0.403 e. The Kier molecular flexibility index (Phi) is 3.22. The van der Waals surface area contributed by atoms with Gasteiger partial charge in [0.25, 0.3) is 0 Å². The molecule has 1 atom stereocenters. The van der Waals surface area contributed by atoms with E-state index in [0.29, 0.717) is 5.56 Å². The lowest BCUT2D eigenvalue weighted by atomic mass is 10.2. The minimum atomic E-state index is -3.77. The Labute approximate surface area is 120 Å². The van der Waals surface area contributed by atoms with Gasteiger partial charge in [0.2, 0.25) is 21.8 Å². The average Bonchev–Trinajstić information content (AvgIpc) is 3.05. The van der Waals surface area contributed by atoms with Gasteiger partial charge in [-0.25, -0.2) is 13.6 Å². The molecule has 2 aromatic rings. The maximum Gasteiger partial charge on any atom is 0.325 e. The molecule has 2 heterocycles. The van der Waals surface area contributed by atoms with Crippen LogP contribution in [0.3, 0.4) is 0 Å². The van der Waals surface area contributed by atoms with E-state index in [4.69, 9.17) is 9.56 Å². The zero-order chi connectivity index (χ0) is 15.0. The molecule has 21 heavy (non-hydrogen) atoms. The molecule has 1 fully saturated rings. The number of carbonyl (C=O) groups excluding carboxylic acids is 1. The molecule has 0 aliphatic carbocycles. The number of benzene rings is 1. The molecule has 3 rings (SSSR count). The van der Waals surface area contributed by atoms with Crippen LogP contribution >= 0.6 is 0 Å². The van der Waals surface area contributed by atoms with Crippen molar-refractivity contribution in [2.45, 2.75) is 11.7 Å². The van der Waals surface area contributed by atoms with Crippen LogP contribution in [-0.2, 0) is 14.8 Å². The lowest BCUT2D eigenvalue weighted by Crippen LogP contribution is -2.32. The summed E-state index contributed by atoms with van der Waals surface area (Å²) in [5.41, 5.74) is 0.714. The molecule has 1 saturated heterocycles. The van der Waals surface area contributed by atoms with Crippen molar-refractivity contribution in [2.75, 3.05) is 11.4 Å². The Hall–Kier alpha value is -2.26. The van der Waals surface area contributed by atoms with Gasteiger partial charge >= 0.3 is 6.01 Å². The van der Waals surface area contributed by atoms with Crippen molar-refractivity contribution in [3.8, 4) is 11.5 Å². The highest BCUT2D eigenvalue weighted by atomic mass is 32.2. The lowest BCUT2D eigenvalue weighted by molar-refractivity contribution is -0.117. The maximum atomic E-state index is 11.9. The number of anilines is 1. The number of carbonyl (C=O) groups is 1. The number of nitrogens with zero attached hydrogens (tertiary/aromatic N) is 3. The predicted molar refractivity (Wildman–Crippen MR) is 73.6 cm³/mol. The molecule has 1 aliphatic rings. The lowest BCUT2D eigenvalue weighted by Gasteiger charge is -2.09. The van der Waals surface area contributed by atoms with Gasteiger partial charge in [0.15, 0.2) is 0 Å². The molecule has 2 N–H and O–H groups in total. The molecule has 0 spiro atoms. The second-order valence-electron chi connectivity index (χ2n) is 4.68. The van der Waals surface area contributed by atoms with Crippen LogP contribution in [0.1, 0.15) is 6.42 Å². The van der Waals surface area contributed by atoms with Crippen LogP contribution in [0.2, 0.25) is 0 Å². The van der Waals surface area contributed by atoms with Gasteiger partial charge in [0.05, 0.1) is 0 Å². The molecule has 0 bridgehead atoms. The first kappa shape index (κ1) is 13.7. The van der Waals surface area contributed by atoms with E-state index in [1.165, 1.54) is 0 Å².